The average Bonchev–Trinajstić information content (AvgIpc) is 1.56. The first-order valence-electron chi connectivity index (χ1n) is 4.04. The molecule has 10 heavy (non-hydrogen) atoms. The Morgan fingerprint density at radius 1 is 1.30 bits per heavy atom. The van der Waals surface area contributed by atoms with Gasteiger partial charge in [-0.3, -0.25) is 0 Å². The summed E-state index contributed by atoms with van der Waals surface area (Å²) in [5, 5.41) is 9.45. The minimum absolute atomic E-state index is 0.349. The van der Waals surface area contributed by atoms with Crippen molar-refractivity contribution in [1.29, 1.82) is 0 Å². The van der Waals surface area contributed by atoms with Crippen molar-refractivity contribution in [2.45, 2.75) is 46.1 Å². The fraction of sp³-hybridized carbons (Fsp3) is 1.00. The maximum absolute atomic E-state index is 9.45. The molecule has 1 heteroatoms. The Morgan fingerprint density at radius 2 is 1.70 bits per heavy atom. The van der Waals surface area contributed by atoms with Crippen molar-refractivity contribution in [3.63, 3.8) is 0 Å². The maximum Gasteiger partial charge on any atom is 0.0625 e. The number of hydrogen-bond donors (Lipinski definition) is 1. The van der Waals surface area contributed by atoms with Crippen LogP contribution in [0.3, 0.4) is 0 Å². The van der Waals surface area contributed by atoms with Crippen molar-refractivity contribution in [1.82, 2.24) is 0 Å². The second kappa shape index (κ2) is 1.97. The normalized spacial score (nSPS) is 41.1. The molecular formula is C9H18O. The average molecular weight is 142 g/mol. The van der Waals surface area contributed by atoms with Crippen LogP contribution in [0.2, 0.25) is 0 Å². The highest BCUT2D eigenvalue weighted by atomic mass is 16.3. The van der Waals surface area contributed by atoms with E-state index in [1.807, 2.05) is 6.92 Å². The lowest BCUT2D eigenvalue weighted by Gasteiger charge is -2.47. The van der Waals surface area contributed by atoms with Crippen LogP contribution in [-0.2, 0) is 0 Å². The predicted octanol–water partition coefficient (Wildman–Crippen LogP) is 2.19. The molecule has 1 saturated carbocycles. The first-order valence-corrected chi connectivity index (χ1v) is 4.04. The Bertz CT molecular complexity index is 122. The van der Waals surface area contributed by atoms with E-state index in [1.165, 1.54) is 0 Å². The molecule has 1 nitrogen and oxygen atoms in total. The monoisotopic (exact) mass is 142 g/mol. The third-order valence-corrected chi connectivity index (χ3v) is 2.60. The second-order valence-electron chi connectivity index (χ2n) is 4.97. The first kappa shape index (κ1) is 8.06. The van der Waals surface area contributed by atoms with Crippen LogP contribution in [0.25, 0.3) is 0 Å². The van der Waals surface area contributed by atoms with E-state index >= 15 is 0 Å². The van der Waals surface area contributed by atoms with E-state index in [-0.39, 0.29) is 5.60 Å². The molecule has 0 spiro atoms. The summed E-state index contributed by atoms with van der Waals surface area (Å²) < 4.78 is 0. The largest absolute Gasteiger partial charge is 0.390 e. The molecule has 1 N–H and O–H groups in total. The molecule has 0 heterocycles. The predicted molar refractivity (Wildman–Crippen MR) is 42.8 cm³/mol. The van der Waals surface area contributed by atoms with Gasteiger partial charge in [-0.25, -0.2) is 0 Å². The van der Waals surface area contributed by atoms with E-state index in [4.69, 9.17) is 0 Å². The molecule has 0 aromatic rings. The molecule has 0 aliphatic heterocycles. The summed E-state index contributed by atoms with van der Waals surface area (Å²) in [4.78, 5) is 0. The Balaban J connectivity index is 2.40. The van der Waals surface area contributed by atoms with Gasteiger partial charge in [-0.05, 0) is 31.1 Å². The molecule has 0 unspecified atom stereocenters. The fourth-order valence-corrected chi connectivity index (χ4v) is 1.61. The molecule has 1 aliphatic carbocycles. The SMILES string of the molecule is CC(C)(C)[C@H]1C[C@@](C)(O)C1. The van der Waals surface area contributed by atoms with Crippen LogP contribution < -0.4 is 0 Å². The molecule has 0 bridgehead atoms. The van der Waals surface area contributed by atoms with Crippen molar-refractivity contribution in [3.05, 3.63) is 0 Å². The summed E-state index contributed by atoms with van der Waals surface area (Å²) in [6.45, 7) is 8.65. The zero-order valence-electron chi connectivity index (χ0n) is 7.44. The van der Waals surface area contributed by atoms with Crippen LogP contribution in [0, 0.1) is 11.3 Å². The van der Waals surface area contributed by atoms with Gasteiger partial charge in [-0.2, -0.15) is 0 Å². The van der Waals surface area contributed by atoms with Crippen molar-refractivity contribution in [2.75, 3.05) is 0 Å². The van der Waals surface area contributed by atoms with Gasteiger partial charge in [0.05, 0.1) is 5.60 Å². The quantitative estimate of drug-likeness (QED) is 0.549. The highest BCUT2D eigenvalue weighted by Crippen LogP contribution is 2.47. The van der Waals surface area contributed by atoms with Crippen molar-refractivity contribution < 1.29 is 5.11 Å². The molecule has 0 saturated heterocycles. The third-order valence-electron chi connectivity index (χ3n) is 2.60. The first-order chi connectivity index (χ1) is 4.31. The summed E-state index contributed by atoms with van der Waals surface area (Å²) >= 11 is 0. The van der Waals surface area contributed by atoms with E-state index in [9.17, 15) is 5.11 Å². The summed E-state index contributed by atoms with van der Waals surface area (Å²) in [5.74, 6) is 0.725. The van der Waals surface area contributed by atoms with Gasteiger partial charge in [0, 0.05) is 0 Å². The maximum atomic E-state index is 9.45. The van der Waals surface area contributed by atoms with Crippen LogP contribution in [0.4, 0.5) is 0 Å². The third kappa shape index (κ3) is 1.51. The second-order valence-corrected chi connectivity index (χ2v) is 4.97. The lowest BCUT2D eigenvalue weighted by Crippen LogP contribution is -2.46. The molecule has 60 valence electrons. The van der Waals surface area contributed by atoms with E-state index in [0.717, 1.165) is 18.8 Å². The van der Waals surface area contributed by atoms with Crippen molar-refractivity contribution in [2.24, 2.45) is 11.3 Å². The zero-order valence-corrected chi connectivity index (χ0v) is 7.44. The van der Waals surface area contributed by atoms with Gasteiger partial charge in [0.25, 0.3) is 0 Å². The van der Waals surface area contributed by atoms with Crippen LogP contribution >= 0.6 is 0 Å². The lowest BCUT2D eigenvalue weighted by atomic mass is 9.61. The minimum atomic E-state index is -0.349. The Kier molecular flexibility index (Phi) is 1.59. The molecule has 1 rings (SSSR count). The smallest absolute Gasteiger partial charge is 0.0625 e. The van der Waals surface area contributed by atoms with Gasteiger partial charge >= 0.3 is 0 Å². The van der Waals surface area contributed by atoms with E-state index in [2.05, 4.69) is 20.8 Å². The Labute approximate surface area is 63.4 Å². The summed E-state index contributed by atoms with van der Waals surface area (Å²) in [5.41, 5.74) is 0.0419. The van der Waals surface area contributed by atoms with Gasteiger partial charge in [0.1, 0.15) is 0 Å². The molecule has 1 aliphatic rings. The van der Waals surface area contributed by atoms with Crippen molar-refractivity contribution in [3.8, 4) is 0 Å². The molecule has 0 aromatic heterocycles. The van der Waals surface area contributed by atoms with Crippen LogP contribution in [0.1, 0.15) is 40.5 Å². The fourth-order valence-electron chi connectivity index (χ4n) is 1.61. The van der Waals surface area contributed by atoms with Crippen LogP contribution in [0.15, 0.2) is 0 Å². The van der Waals surface area contributed by atoms with Gasteiger partial charge in [-0.1, -0.05) is 20.8 Å². The zero-order chi connectivity index (χ0) is 7.99. The van der Waals surface area contributed by atoms with Gasteiger partial charge in [0.15, 0.2) is 0 Å². The molecule has 0 aromatic carbocycles. The molecule has 0 radical (unpaired) electrons. The Hall–Kier alpha value is -0.0400. The molecule has 0 atom stereocenters. The van der Waals surface area contributed by atoms with Crippen LogP contribution in [-0.4, -0.2) is 10.7 Å². The van der Waals surface area contributed by atoms with Crippen LogP contribution in [0.5, 0.6) is 0 Å². The van der Waals surface area contributed by atoms with Gasteiger partial charge in [0.2, 0.25) is 0 Å². The van der Waals surface area contributed by atoms with Gasteiger partial charge in [-0.15, -0.1) is 0 Å². The minimum Gasteiger partial charge on any atom is -0.390 e. The summed E-state index contributed by atoms with van der Waals surface area (Å²) in [7, 11) is 0. The van der Waals surface area contributed by atoms with E-state index in [1.54, 1.807) is 0 Å². The molecular weight excluding hydrogens is 124 g/mol. The highest BCUT2D eigenvalue weighted by Gasteiger charge is 2.43. The summed E-state index contributed by atoms with van der Waals surface area (Å²) in [6, 6.07) is 0. The topological polar surface area (TPSA) is 20.2 Å². The van der Waals surface area contributed by atoms with Crippen molar-refractivity contribution >= 4 is 0 Å². The van der Waals surface area contributed by atoms with E-state index < -0.39 is 0 Å². The molecule has 0 amide bonds. The number of rotatable bonds is 0. The highest BCUT2D eigenvalue weighted by molar-refractivity contribution is 4.95. The lowest BCUT2D eigenvalue weighted by molar-refractivity contribution is -0.0918. The standard InChI is InChI=1S/C9H18O/c1-8(2,3)7-5-9(4,10)6-7/h7,10H,5-6H2,1-4H3/t7-,9+. The van der Waals surface area contributed by atoms with E-state index in [0.29, 0.717) is 5.41 Å². The number of aliphatic hydroxyl groups is 1. The molecule has 1 fully saturated rings. The van der Waals surface area contributed by atoms with Gasteiger partial charge < -0.3 is 5.11 Å². The Morgan fingerprint density at radius 3 is 1.80 bits per heavy atom. The summed E-state index contributed by atoms with van der Waals surface area (Å²) in [6.07, 6.45) is 1.97. The number of hydrogen-bond acceptors (Lipinski definition) is 1.